The highest BCUT2D eigenvalue weighted by Crippen LogP contribution is 2.18. The molecule has 1 aromatic carbocycles. The number of hydrogen-bond acceptors (Lipinski definition) is 4. The quantitative estimate of drug-likeness (QED) is 0.818. The van der Waals surface area contributed by atoms with Crippen molar-refractivity contribution in [2.75, 3.05) is 26.8 Å². The first kappa shape index (κ1) is 17.8. The maximum absolute atomic E-state index is 11.4. The van der Waals surface area contributed by atoms with E-state index in [1.807, 2.05) is 31.2 Å². The molecule has 3 rings (SSSR count). The van der Waals surface area contributed by atoms with Crippen LogP contribution in [0, 0.1) is 11.8 Å². The van der Waals surface area contributed by atoms with E-state index in [2.05, 4.69) is 5.32 Å². The van der Waals surface area contributed by atoms with Gasteiger partial charge in [0.1, 0.15) is 5.75 Å². The molecule has 0 spiro atoms. The molecule has 1 N–H and O–H groups in total. The minimum atomic E-state index is -0.173. The van der Waals surface area contributed by atoms with E-state index in [1.165, 1.54) is 32.8 Å². The SMILES string of the molecule is C1CC1.COC(=O)C(C)Cc1cccc(OC[C@@H]2CCNC2)c1. The molecule has 2 atom stereocenters. The lowest BCUT2D eigenvalue weighted by molar-refractivity contribution is -0.144. The molecule has 2 fully saturated rings. The van der Waals surface area contributed by atoms with Crippen LogP contribution in [0.1, 0.15) is 38.2 Å². The summed E-state index contributed by atoms with van der Waals surface area (Å²) in [5.41, 5.74) is 1.10. The maximum Gasteiger partial charge on any atom is 0.308 e. The molecular formula is C19H29NO3. The third-order valence-corrected chi connectivity index (χ3v) is 4.05. The molecular weight excluding hydrogens is 290 g/mol. The summed E-state index contributed by atoms with van der Waals surface area (Å²) in [5, 5.41) is 3.33. The van der Waals surface area contributed by atoms with Crippen LogP contribution in [-0.2, 0) is 16.0 Å². The van der Waals surface area contributed by atoms with Gasteiger partial charge < -0.3 is 14.8 Å². The predicted molar refractivity (Wildman–Crippen MR) is 91.6 cm³/mol. The van der Waals surface area contributed by atoms with Gasteiger partial charge in [0.15, 0.2) is 0 Å². The summed E-state index contributed by atoms with van der Waals surface area (Å²) in [6.45, 7) is 4.76. The molecule has 0 aromatic heterocycles. The summed E-state index contributed by atoms with van der Waals surface area (Å²) >= 11 is 0. The Labute approximate surface area is 139 Å². The fourth-order valence-electron chi connectivity index (χ4n) is 2.47. The number of carbonyl (C=O) groups excluding carboxylic acids is 1. The minimum Gasteiger partial charge on any atom is -0.493 e. The van der Waals surface area contributed by atoms with Crippen LogP contribution >= 0.6 is 0 Å². The van der Waals surface area contributed by atoms with Crippen molar-refractivity contribution in [2.24, 2.45) is 11.8 Å². The topological polar surface area (TPSA) is 47.6 Å². The second-order valence-electron chi connectivity index (χ2n) is 6.51. The lowest BCUT2D eigenvalue weighted by Crippen LogP contribution is -2.16. The van der Waals surface area contributed by atoms with Crippen molar-refractivity contribution in [3.8, 4) is 5.75 Å². The van der Waals surface area contributed by atoms with Crippen molar-refractivity contribution in [1.29, 1.82) is 0 Å². The minimum absolute atomic E-state index is 0.130. The Bertz CT molecular complexity index is 479. The van der Waals surface area contributed by atoms with E-state index in [4.69, 9.17) is 9.47 Å². The van der Waals surface area contributed by atoms with Gasteiger partial charge in [0, 0.05) is 12.5 Å². The highest BCUT2D eigenvalue weighted by atomic mass is 16.5. The van der Waals surface area contributed by atoms with E-state index >= 15 is 0 Å². The Kier molecular flexibility index (Phi) is 7.40. The Hall–Kier alpha value is -1.55. The Morgan fingerprint density at radius 2 is 2.13 bits per heavy atom. The number of benzene rings is 1. The van der Waals surface area contributed by atoms with Crippen LogP contribution in [0.25, 0.3) is 0 Å². The summed E-state index contributed by atoms with van der Waals surface area (Å²) in [7, 11) is 1.42. The molecule has 0 bridgehead atoms. The van der Waals surface area contributed by atoms with E-state index in [-0.39, 0.29) is 11.9 Å². The standard InChI is InChI=1S/C16H23NO3.C3H6/c1-12(16(18)19-2)8-13-4-3-5-15(9-13)20-11-14-6-7-17-10-14;1-2-3-1/h3-5,9,12,14,17H,6-8,10-11H2,1-2H3;1-3H2/t12?,14-;/m1./s1. The molecule has 4 nitrogen and oxygen atoms in total. The van der Waals surface area contributed by atoms with Gasteiger partial charge in [-0.15, -0.1) is 0 Å². The van der Waals surface area contributed by atoms with Gasteiger partial charge in [-0.25, -0.2) is 0 Å². The van der Waals surface area contributed by atoms with E-state index < -0.39 is 0 Å². The monoisotopic (exact) mass is 319 g/mol. The van der Waals surface area contributed by atoms with E-state index in [0.29, 0.717) is 12.3 Å². The first-order valence-corrected chi connectivity index (χ1v) is 8.69. The second-order valence-corrected chi connectivity index (χ2v) is 6.51. The van der Waals surface area contributed by atoms with Gasteiger partial charge in [-0.2, -0.15) is 0 Å². The number of methoxy groups -OCH3 is 1. The number of nitrogens with one attached hydrogen (secondary N) is 1. The van der Waals surface area contributed by atoms with Crippen LogP contribution in [0.5, 0.6) is 5.75 Å². The van der Waals surface area contributed by atoms with Crippen molar-refractivity contribution >= 4 is 5.97 Å². The molecule has 1 aliphatic carbocycles. The zero-order chi connectivity index (χ0) is 16.5. The number of ether oxygens (including phenoxy) is 2. The van der Waals surface area contributed by atoms with E-state index in [0.717, 1.165) is 31.0 Å². The Morgan fingerprint density at radius 1 is 1.35 bits per heavy atom. The Balaban J connectivity index is 0.000000572. The molecule has 1 saturated heterocycles. The first-order chi connectivity index (χ1) is 11.2. The summed E-state index contributed by atoms with van der Waals surface area (Å²) in [6.07, 6.45) is 6.36. The smallest absolute Gasteiger partial charge is 0.308 e. The van der Waals surface area contributed by atoms with Crippen molar-refractivity contribution in [1.82, 2.24) is 5.32 Å². The molecule has 0 radical (unpaired) electrons. The van der Waals surface area contributed by atoms with E-state index in [9.17, 15) is 4.79 Å². The molecule has 0 amide bonds. The zero-order valence-electron chi connectivity index (χ0n) is 14.3. The third-order valence-electron chi connectivity index (χ3n) is 4.05. The highest BCUT2D eigenvalue weighted by molar-refractivity contribution is 5.72. The lowest BCUT2D eigenvalue weighted by atomic mass is 10.0. The van der Waals surface area contributed by atoms with Crippen molar-refractivity contribution in [3.63, 3.8) is 0 Å². The largest absolute Gasteiger partial charge is 0.493 e. The van der Waals surface area contributed by atoms with Crippen LogP contribution in [0.15, 0.2) is 24.3 Å². The van der Waals surface area contributed by atoms with Crippen molar-refractivity contribution in [2.45, 2.75) is 39.0 Å². The molecule has 4 heteroatoms. The number of carbonyl (C=O) groups is 1. The van der Waals surface area contributed by atoms with Crippen molar-refractivity contribution in [3.05, 3.63) is 29.8 Å². The summed E-state index contributed by atoms with van der Waals surface area (Å²) < 4.78 is 10.6. The van der Waals surface area contributed by atoms with Gasteiger partial charge in [-0.1, -0.05) is 38.3 Å². The van der Waals surface area contributed by atoms with Crippen LogP contribution < -0.4 is 10.1 Å². The third kappa shape index (κ3) is 7.04. The van der Waals surface area contributed by atoms with Gasteiger partial charge >= 0.3 is 5.97 Å². The fraction of sp³-hybridized carbons (Fsp3) is 0.632. The lowest BCUT2D eigenvalue weighted by Gasteiger charge is -2.13. The van der Waals surface area contributed by atoms with Crippen LogP contribution in [0.2, 0.25) is 0 Å². The number of esters is 1. The van der Waals surface area contributed by atoms with Crippen molar-refractivity contribution < 1.29 is 14.3 Å². The molecule has 2 aliphatic rings. The molecule has 128 valence electrons. The van der Waals surface area contributed by atoms with Crippen LogP contribution in [-0.4, -0.2) is 32.8 Å². The average molecular weight is 319 g/mol. The molecule has 1 saturated carbocycles. The van der Waals surface area contributed by atoms with Gasteiger partial charge in [-0.3, -0.25) is 4.79 Å². The zero-order valence-corrected chi connectivity index (χ0v) is 14.3. The summed E-state index contributed by atoms with van der Waals surface area (Å²) in [6, 6.07) is 7.97. The average Bonchev–Trinajstić information content (AvgIpc) is 3.37. The normalized spacial score (nSPS) is 20.2. The van der Waals surface area contributed by atoms with Gasteiger partial charge in [-0.05, 0) is 37.1 Å². The molecule has 1 unspecified atom stereocenters. The van der Waals surface area contributed by atoms with Crippen LogP contribution in [0.4, 0.5) is 0 Å². The second kappa shape index (κ2) is 9.56. The van der Waals surface area contributed by atoms with E-state index in [1.54, 1.807) is 0 Å². The highest BCUT2D eigenvalue weighted by Gasteiger charge is 2.16. The van der Waals surface area contributed by atoms with Gasteiger partial charge in [0.25, 0.3) is 0 Å². The summed E-state index contributed by atoms with van der Waals surface area (Å²) in [4.78, 5) is 11.4. The summed E-state index contributed by atoms with van der Waals surface area (Å²) in [5.74, 6) is 1.18. The predicted octanol–water partition coefficient (Wildman–Crippen LogP) is 3.20. The first-order valence-electron chi connectivity index (χ1n) is 8.69. The fourth-order valence-corrected chi connectivity index (χ4v) is 2.47. The maximum atomic E-state index is 11.4. The van der Waals surface area contributed by atoms with Gasteiger partial charge in [0.2, 0.25) is 0 Å². The van der Waals surface area contributed by atoms with Gasteiger partial charge in [0.05, 0.1) is 19.6 Å². The number of hydrogen-bond donors (Lipinski definition) is 1. The van der Waals surface area contributed by atoms with Crippen LogP contribution in [0.3, 0.4) is 0 Å². The molecule has 1 aromatic rings. The number of rotatable bonds is 6. The molecule has 1 heterocycles. The Morgan fingerprint density at radius 3 is 2.74 bits per heavy atom. The molecule has 1 aliphatic heterocycles. The molecule has 23 heavy (non-hydrogen) atoms.